The maximum atomic E-state index is 5.80. The number of nitrogens with zero attached hydrogens (tertiary/aromatic N) is 4. The van der Waals surface area contributed by atoms with Gasteiger partial charge in [0, 0.05) is 45.1 Å². The van der Waals surface area contributed by atoms with Crippen LogP contribution < -0.4 is 9.80 Å². The van der Waals surface area contributed by atoms with Crippen molar-refractivity contribution in [3.63, 3.8) is 0 Å². The molecule has 6 nitrogen and oxygen atoms in total. The fourth-order valence-electron chi connectivity index (χ4n) is 3.43. The highest BCUT2D eigenvalue weighted by Crippen LogP contribution is 2.33. The lowest BCUT2D eigenvalue weighted by atomic mass is 10.0. The SMILES string of the molecule is CCCN(CCC)c1cc(N2CCC3(CC2)OCCO3)ncn1. The Morgan fingerprint density at radius 1 is 1.09 bits per heavy atom. The van der Waals surface area contributed by atoms with E-state index < -0.39 is 0 Å². The van der Waals surface area contributed by atoms with Crippen LogP contribution in [-0.2, 0) is 9.47 Å². The summed E-state index contributed by atoms with van der Waals surface area (Å²) in [4.78, 5) is 13.6. The predicted molar refractivity (Wildman–Crippen MR) is 90.9 cm³/mol. The summed E-state index contributed by atoms with van der Waals surface area (Å²) >= 11 is 0. The molecule has 0 bridgehead atoms. The molecule has 23 heavy (non-hydrogen) atoms. The van der Waals surface area contributed by atoms with Gasteiger partial charge in [-0.1, -0.05) is 13.8 Å². The molecule has 0 atom stereocenters. The lowest BCUT2D eigenvalue weighted by molar-refractivity contribution is -0.169. The van der Waals surface area contributed by atoms with Crippen molar-refractivity contribution in [3.05, 3.63) is 12.4 Å². The Bertz CT molecular complexity index is 489. The molecule has 0 aromatic carbocycles. The van der Waals surface area contributed by atoms with Gasteiger partial charge in [0.2, 0.25) is 0 Å². The van der Waals surface area contributed by atoms with Crippen LogP contribution in [0.5, 0.6) is 0 Å². The summed E-state index contributed by atoms with van der Waals surface area (Å²) in [5.41, 5.74) is 0. The monoisotopic (exact) mass is 320 g/mol. The molecule has 2 aliphatic heterocycles. The molecule has 1 aromatic rings. The first-order valence-corrected chi connectivity index (χ1v) is 8.86. The topological polar surface area (TPSA) is 50.7 Å². The first-order chi connectivity index (χ1) is 11.3. The van der Waals surface area contributed by atoms with Crippen LogP contribution in [0, 0.1) is 0 Å². The van der Waals surface area contributed by atoms with E-state index in [0.717, 1.165) is 76.7 Å². The van der Waals surface area contributed by atoms with Crippen LogP contribution in [0.15, 0.2) is 12.4 Å². The van der Waals surface area contributed by atoms with E-state index >= 15 is 0 Å². The summed E-state index contributed by atoms with van der Waals surface area (Å²) < 4.78 is 11.6. The fourth-order valence-corrected chi connectivity index (χ4v) is 3.43. The average Bonchev–Trinajstić information content (AvgIpc) is 3.04. The van der Waals surface area contributed by atoms with Gasteiger partial charge in [-0.3, -0.25) is 0 Å². The van der Waals surface area contributed by atoms with Crippen LogP contribution in [0.2, 0.25) is 0 Å². The lowest BCUT2D eigenvalue weighted by Gasteiger charge is -2.38. The van der Waals surface area contributed by atoms with Crippen LogP contribution in [0.1, 0.15) is 39.5 Å². The zero-order chi connectivity index (χ0) is 16.1. The summed E-state index contributed by atoms with van der Waals surface area (Å²) in [7, 11) is 0. The van der Waals surface area contributed by atoms with Crippen molar-refractivity contribution < 1.29 is 9.47 Å². The third-order valence-corrected chi connectivity index (χ3v) is 4.61. The van der Waals surface area contributed by atoms with Gasteiger partial charge < -0.3 is 19.3 Å². The van der Waals surface area contributed by atoms with E-state index in [1.807, 2.05) is 0 Å². The van der Waals surface area contributed by atoms with Crippen LogP contribution in [0.25, 0.3) is 0 Å². The molecule has 0 aliphatic carbocycles. The Morgan fingerprint density at radius 2 is 1.74 bits per heavy atom. The van der Waals surface area contributed by atoms with Gasteiger partial charge in [-0.25, -0.2) is 9.97 Å². The molecule has 0 N–H and O–H groups in total. The molecule has 128 valence electrons. The van der Waals surface area contributed by atoms with Crippen molar-refractivity contribution in [2.75, 3.05) is 49.2 Å². The van der Waals surface area contributed by atoms with Crippen molar-refractivity contribution in [2.45, 2.75) is 45.3 Å². The summed E-state index contributed by atoms with van der Waals surface area (Å²) in [6, 6.07) is 2.12. The van der Waals surface area contributed by atoms with E-state index in [9.17, 15) is 0 Å². The van der Waals surface area contributed by atoms with Crippen LogP contribution in [0.3, 0.4) is 0 Å². The van der Waals surface area contributed by atoms with E-state index in [1.165, 1.54) is 0 Å². The van der Waals surface area contributed by atoms with Gasteiger partial charge in [0.25, 0.3) is 0 Å². The second-order valence-electron chi connectivity index (χ2n) is 6.32. The zero-order valence-corrected chi connectivity index (χ0v) is 14.3. The number of anilines is 2. The fraction of sp³-hybridized carbons (Fsp3) is 0.765. The summed E-state index contributed by atoms with van der Waals surface area (Å²) in [5.74, 6) is 1.72. The van der Waals surface area contributed by atoms with Gasteiger partial charge in [0.05, 0.1) is 13.2 Å². The van der Waals surface area contributed by atoms with E-state index in [0.29, 0.717) is 0 Å². The molecule has 3 rings (SSSR count). The van der Waals surface area contributed by atoms with Gasteiger partial charge in [-0.05, 0) is 12.8 Å². The molecule has 1 spiro atoms. The third kappa shape index (κ3) is 3.75. The van der Waals surface area contributed by atoms with Crippen molar-refractivity contribution in [2.24, 2.45) is 0 Å². The second kappa shape index (κ2) is 7.45. The quantitative estimate of drug-likeness (QED) is 0.802. The molecular weight excluding hydrogens is 292 g/mol. The van der Waals surface area contributed by atoms with E-state index in [1.54, 1.807) is 6.33 Å². The molecule has 0 saturated carbocycles. The third-order valence-electron chi connectivity index (χ3n) is 4.61. The molecule has 3 heterocycles. The molecule has 0 unspecified atom stereocenters. The van der Waals surface area contributed by atoms with Gasteiger partial charge in [-0.15, -0.1) is 0 Å². The van der Waals surface area contributed by atoms with Gasteiger partial charge in [-0.2, -0.15) is 0 Å². The molecular formula is C17H28N4O2. The highest BCUT2D eigenvalue weighted by molar-refractivity contribution is 5.50. The Kier molecular flexibility index (Phi) is 5.33. The van der Waals surface area contributed by atoms with Crippen molar-refractivity contribution in [1.82, 2.24) is 9.97 Å². The normalized spacial score (nSPS) is 20.2. The second-order valence-corrected chi connectivity index (χ2v) is 6.32. The molecule has 6 heteroatoms. The zero-order valence-electron chi connectivity index (χ0n) is 14.3. The number of rotatable bonds is 6. The molecule has 0 radical (unpaired) electrons. The van der Waals surface area contributed by atoms with Crippen LogP contribution >= 0.6 is 0 Å². The van der Waals surface area contributed by atoms with E-state index in [-0.39, 0.29) is 5.79 Å². The highest BCUT2D eigenvalue weighted by atomic mass is 16.7. The molecule has 1 aromatic heterocycles. The summed E-state index contributed by atoms with van der Waals surface area (Å²) in [6.45, 7) is 9.76. The first kappa shape index (κ1) is 16.5. The Morgan fingerprint density at radius 3 is 2.35 bits per heavy atom. The minimum absolute atomic E-state index is 0.331. The summed E-state index contributed by atoms with van der Waals surface area (Å²) in [5, 5.41) is 0. The highest BCUT2D eigenvalue weighted by Gasteiger charge is 2.40. The maximum Gasteiger partial charge on any atom is 0.171 e. The number of hydrogen-bond donors (Lipinski definition) is 0. The van der Waals surface area contributed by atoms with Crippen LogP contribution in [0.4, 0.5) is 11.6 Å². The molecule has 0 amide bonds. The van der Waals surface area contributed by atoms with Crippen molar-refractivity contribution in [3.8, 4) is 0 Å². The predicted octanol–water partition coefficient (Wildman–Crippen LogP) is 2.45. The minimum atomic E-state index is -0.331. The van der Waals surface area contributed by atoms with E-state index in [4.69, 9.17) is 9.47 Å². The van der Waals surface area contributed by atoms with Crippen molar-refractivity contribution in [1.29, 1.82) is 0 Å². The Balaban J connectivity index is 1.67. The van der Waals surface area contributed by atoms with Crippen LogP contribution in [-0.4, -0.2) is 55.1 Å². The van der Waals surface area contributed by atoms with Gasteiger partial charge in [0.15, 0.2) is 5.79 Å². The van der Waals surface area contributed by atoms with E-state index in [2.05, 4.69) is 39.7 Å². The number of piperidine rings is 1. The standard InChI is InChI=1S/C17H28N4O2/c1-3-7-20(8-4-2)15-13-16(19-14-18-15)21-9-5-17(6-10-21)22-11-12-23-17/h13-14H,3-12H2,1-2H3. The smallest absolute Gasteiger partial charge is 0.171 e. The lowest BCUT2D eigenvalue weighted by Crippen LogP contribution is -2.45. The Hall–Kier alpha value is -1.40. The average molecular weight is 320 g/mol. The number of ether oxygens (including phenoxy) is 2. The first-order valence-electron chi connectivity index (χ1n) is 8.86. The number of hydrogen-bond acceptors (Lipinski definition) is 6. The van der Waals surface area contributed by atoms with Gasteiger partial charge >= 0.3 is 0 Å². The van der Waals surface area contributed by atoms with Crippen molar-refractivity contribution >= 4 is 11.6 Å². The Labute approximate surface area is 138 Å². The largest absolute Gasteiger partial charge is 0.356 e. The molecule has 2 fully saturated rings. The minimum Gasteiger partial charge on any atom is -0.356 e. The summed E-state index contributed by atoms with van der Waals surface area (Å²) in [6.07, 6.45) is 5.75. The maximum absolute atomic E-state index is 5.80. The number of aromatic nitrogens is 2. The molecule has 2 aliphatic rings. The van der Waals surface area contributed by atoms with Gasteiger partial charge in [0.1, 0.15) is 18.0 Å². The molecule has 2 saturated heterocycles.